The van der Waals surface area contributed by atoms with Crippen LogP contribution in [0.25, 0.3) is 0 Å². The summed E-state index contributed by atoms with van der Waals surface area (Å²) < 4.78 is 0. The molecular formula is C15H19N4OS+. The number of nitrogens with zero attached hydrogens (tertiary/aromatic N) is 1. The largest absolute Gasteiger partial charge is 0.346 e. The van der Waals surface area contributed by atoms with Crippen molar-refractivity contribution in [1.82, 2.24) is 10.3 Å². The first-order valence-electron chi connectivity index (χ1n) is 7.07. The molecule has 0 aliphatic carbocycles. The molecule has 3 N–H and O–H groups in total. The highest BCUT2D eigenvalue weighted by Crippen LogP contribution is 2.20. The molecule has 1 amide bonds. The summed E-state index contributed by atoms with van der Waals surface area (Å²) in [5.74, 6) is 0.129. The van der Waals surface area contributed by atoms with Crippen molar-refractivity contribution >= 4 is 28.1 Å². The lowest BCUT2D eigenvalue weighted by Gasteiger charge is -2.22. The molecule has 21 heavy (non-hydrogen) atoms. The van der Waals surface area contributed by atoms with Crippen LogP contribution in [0.2, 0.25) is 0 Å². The smallest absolute Gasteiger partial charge is 0.275 e. The molecule has 6 heteroatoms. The van der Waals surface area contributed by atoms with Gasteiger partial charge in [-0.1, -0.05) is 17.7 Å². The van der Waals surface area contributed by atoms with Crippen LogP contribution in [-0.2, 0) is 11.3 Å². The average molecular weight is 303 g/mol. The predicted molar refractivity (Wildman–Crippen MR) is 84.0 cm³/mol. The lowest BCUT2D eigenvalue weighted by Crippen LogP contribution is -3.14. The molecular weight excluding hydrogens is 284 g/mol. The maximum Gasteiger partial charge on any atom is 0.275 e. The number of hydrogen-bond donors (Lipinski definition) is 3. The van der Waals surface area contributed by atoms with E-state index in [2.05, 4.69) is 52.2 Å². The van der Waals surface area contributed by atoms with Crippen molar-refractivity contribution in [2.24, 2.45) is 0 Å². The fraction of sp³-hybridized carbons (Fsp3) is 0.333. The second-order valence-corrected chi connectivity index (χ2v) is 6.20. The van der Waals surface area contributed by atoms with E-state index in [0.717, 1.165) is 36.1 Å². The number of quaternary nitrogens is 1. The van der Waals surface area contributed by atoms with E-state index in [4.69, 9.17) is 0 Å². The van der Waals surface area contributed by atoms with Gasteiger partial charge in [-0.05, 0) is 19.1 Å². The lowest BCUT2D eigenvalue weighted by molar-refractivity contribution is -0.907. The molecule has 1 aliphatic heterocycles. The van der Waals surface area contributed by atoms with Crippen LogP contribution in [0.5, 0.6) is 0 Å². The predicted octanol–water partition coefficient (Wildman–Crippen LogP) is 0.710. The van der Waals surface area contributed by atoms with Crippen molar-refractivity contribution in [3.05, 3.63) is 40.9 Å². The minimum atomic E-state index is 0.129. The Morgan fingerprint density at radius 3 is 2.95 bits per heavy atom. The summed E-state index contributed by atoms with van der Waals surface area (Å²) in [7, 11) is 0. The van der Waals surface area contributed by atoms with Gasteiger partial charge in [0.2, 0.25) is 0 Å². The van der Waals surface area contributed by atoms with E-state index in [1.54, 1.807) is 11.3 Å². The van der Waals surface area contributed by atoms with Crippen LogP contribution in [-0.4, -0.2) is 30.5 Å². The SMILES string of the molecule is Cc1ccc(Nc2nc(C[NH+]3CCNC(=O)C3)cs2)cc1. The number of aromatic nitrogens is 1. The third kappa shape index (κ3) is 3.80. The molecule has 1 saturated heterocycles. The monoisotopic (exact) mass is 303 g/mol. The summed E-state index contributed by atoms with van der Waals surface area (Å²) >= 11 is 1.60. The van der Waals surface area contributed by atoms with Gasteiger partial charge in [-0.15, -0.1) is 11.3 Å². The maximum atomic E-state index is 11.4. The van der Waals surface area contributed by atoms with Gasteiger partial charge in [0.05, 0.1) is 13.1 Å². The van der Waals surface area contributed by atoms with Crippen molar-refractivity contribution in [2.75, 3.05) is 25.0 Å². The van der Waals surface area contributed by atoms with Crippen molar-refractivity contribution < 1.29 is 9.69 Å². The Kier molecular flexibility index (Phi) is 4.17. The number of benzene rings is 1. The van der Waals surface area contributed by atoms with Gasteiger partial charge in [0, 0.05) is 11.1 Å². The molecule has 1 aromatic heterocycles. The topological polar surface area (TPSA) is 58.5 Å². The Morgan fingerprint density at radius 1 is 1.38 bits per heavy atom. The molecule has 0 spiro atoms. The fourth-order valence-corrected chi connectivity index (χ4v) is 3.10. The fourth-order valence-electron chi connectivity index (χ4n) is 2.37. The molecule has 1 aromatic carbocycles. The molecule has 0 radical (unpaired) electrons. The number of piperazine rings is 1. The van der Waals surface area contributed by atoms with Gasteiger partial charge < -0.3 is 15.5 Å². The van der Waals surface area contributed by atoms with Crippen LogP contribution < -0.4 is 15.5 Å². The summed E-state index contributed by atoms with van der Waals surface area (Å²) in [4.78, 5) is 17.2. The number of aryl methyl sites for hydroxylation is 1. The van der Waals surface area contributed by atoms with Crippen molar-refractivity contribution in [1.29, 1.82) is 0 Å². The molecule has 1 unspecified atom stereocenters. The number of hydrogen-bond acceptors (Lipinski definition) is 4. The van der Waals surface area contributed by atoms with Crippen molar-refractivity contribution in [2.45, 2.75) is 13.5 Å². The first-order valence-corrected chi connectivity index (χ1v) is 7.95. The van der Waals surface area contributed by atoms with Crippen molar-refractivity contribution in [3.8, 4) is 0 Å². The van der Waals surface area contributed by atoms with Crippen molar-refractivity contribution in [3.63, 3.8) is 0 Å². The third-order valence-electron chi connectivity index (χ3n) is 3.50. The van der Waals surface area contributed by atoms with Gasteiger partial charge in [0.15, 0.2) is 11.7 Å². The molecule has 1 fully saturated rings. The molecule has 5 nitrogen and oxygen atoms in total. The van der Waals surface area contributed by atoms with E-state index < -0.39 is 0 Å². The average Bonchev–Trinajstić information content (AvgIpc) is 2.89. The Balaban J connectivity index is 1.60. The highest BCUT2D eigenvalue weighted by atomic mass is 32.1. The molecule has 1 atom stereocenters. The number of amides is 1. The van der Waals surface area contributed by atoms with E-state index in [1.807, 2.05) is 0 Å². The van der Waals surface area contributed by atoms with E-state index in [-0.39, 0.29) is 5.91 Å². The van der Waals surface area contributed by atoms with E-state index in [0.29, 0.717) is 6.54 Å². The summed E-state index contributed by atoms with van der Waals surface area (Å²) in [6.45, 7) is 5.14. The Labute approximate surface area is 128 Å². The van der Waals surface area contributed by atoms with Crippen LogP contribution in [0.3, 0.4) is 0 Å². The van der Waals surface area contributed by atoms with Gasteiger partial charge in [-0.2, -0.15) is 0 Å². The zero-order valence-electron chi connectivity index (χ0n) is 12.0. The molecule has 1 aliphatic rings. The summed E-state index contributed by atoms with van der Waals surface area (Å²) in [5, 5.41) is 9.13. The third-order valence-corrected chi connectivity index (χ3v) is 4.30. The second kappa shape index (κ2) is 6.24. The van der Waals surface area contributed by atoms with Gasteiger partial charge in [0.25, 0.3) is 5.91 Å². The Bertz CT molecular complexity index is 623. The molecule has 110 valence electrons. The Hall–Kier alpha value is -1.92. The summed E-state index contributed by atoms with van der Waals surface area (Å²) in [6, 6.07) is 8.26. The van der Waals surface area contributed by atoms with Gasteiger partial charge in [-0.3, -0.25) is 4.79 Å². The van der Waals surface area contributed by atoms with Crippen LogP contribution in [0.15, 0.2) is 29.6 Å². The zero-order chi connectivity index (χ0) is 14.7. The molecule has 0 bridgehead atoms. The number of rotatable bonds is 4. The van der Waals surface area contributed by atoms with Crippen LogP contribution in [0.1, 0.15) is 11.3 Å². The molecule has 3 rings (SSSR count). The number of carbonyl (C=O) groups is 1. The molecule has 2 aromatic rings. The lowest BCUT2D eigenvalue weighted by atomic mass is 10.2. The minimum absolute atomic E-state index is 0.129. The first kappa shape index (κ1) is 14.0. The van der Waals surface area contributed by atoms with Gasteiger partial charge in [-0.25, -0.2) is 4.98 Å². The maximum absolute atomic E-state index is 11.4. The number of anilines is 2. The Morgan fingerprint density at radius 2 is 2.19 bits per heavy atom. The first-order chi connectivity index (χ1) is 10.2. The molecule has 0 saturated carbocycles. The minimum Gasteiger partial charge on any atom is -0.346 e. The zero-order valence-corrected chi connectivity index (χ0v) is 12.8. The summed E-state index contributed by atoms with van der Waals surface area (Å²) in [6.07, 6.45) is 0. The quantitative estimate of drug-likeness (QED) is 0.780. The van der Waals surface area contributed by atoms with E-state index in [1.165, 1.54) is 10.5 Å². The van der Waals surface area contributed by atoms with Gasteiger partial charge >= 0.3 is 0 Å². The number of nitrogens with one attached hydrogen (secondary N) is 3. The van der Waals surface area contributed by atoms with Crippen LogP contribution in [0, 0.1) is 6.92 Å². The summed E-state index contributed by atoms with van der Waals surface area (Å²) in [5.41, 5.74) is 3.33. The highest BCUT2D eigenvalue weighted by Gasteiger charge is 2.20. The van der Waals surface area contributed by atoms with Gasteiger partial charge in [0.1, 0.15) is 12.2 Å². The highest BCUT2D eigenvalue weighted by molar-refractivity contribution is 7.13. The normalized spacial score (nSPS) is 18.3. The molecule has 2 heterocycles. The standard InChI is InChI=1S/C15H18N4OS/c1-11-2-4-12(5-3-11)17-15-18-13(10-21-15)8-19-7-6-16-14(20)9-19/h2-5,10H,6-9H2,1H3,(H,16,20)(H,17,18)/p+1. The van der Waals surface area contributed by atoms with E-state index in [9.17, 15) is 4.79 Å². The number of thiazole rings is 1. The second-order valence-electron chi connectivity index (χ2n) is 5.34. The number of carbonyl (C=O) groups excluding carboxylic acids is 1. The van der Waals surface area contributed by atoms with Crippen LogP contribution in [0.4, 0.5) is 10.8 Å². The van der Waals surface area contributed by atoms with Crippen LogP contribution >= 0.6 is 11.3 Å². The van der Waals surface area contributed by atoms with E-state index >= 15 is 0 Å².